The van der Waals surface area contributed by atoms with Crippen molar-refractivity contribution in [1.29, 1.82) is 0 Å². The molecular formula is C12H18ClN3O. The Bertz CT molecular complexity index is 355. The maximum absolute atomic E-state index is 5.80. The van der Waals surface area contributed by atoms with Crippen molar-refractivity contribution in [3.8, 4) is 0 Å². The lowest BCUT2D eigenvalue weighted by atomic mass is 10.0. The summed E-state index contributed by atoms with van der Waals surface area (Å²) in [5.41, 5.74) is 0. The third kappa shape index (κ3) is 3.30. The van der Waals surface area contributed by atoms with Crippen LogP contribution < -0.4 is 4.90 Å². The molecule has 17 heavy (non-hydrogen) atoms. The summed E-state index contributed by atoms with van der Waals surface area (Å²) in [6.45, 7) is 6.77. The standard InChI is InChI=1S/C12H18ClN3O/c1-9(2)5-11-8-17-4-3-16(11)12-14-6-10(13)7-15-12/h6-7,9,11H,3-5,8H2,1-2H3/t11-/m0/s1. The lowest BCUT2D eigenvalue weighted by Gasteiger charge is -2.36. The van der Waals surface area contributed by atoms with Gasteiger partial charge < -0.3 is 9.64 Å². The topological polar surface area (TPSA) is 38.2 Å². The molecule has 1 aliphatic heterocycles. The predicted molar refractivity (Wildman–Crippen MR) is 68.5 cm³/mol. The van der Waals surface area contributed by atoms with E-state index in [4.69, 9.17) is 16.3 Å². The fraction of sp³-hybridized carbons (Fsp3) is 0.667. The van der Waals surface area contributed by atoms with Gasteiger partial charge in [0.05, 0.1) is 36.7 Å². The summed E-state index contributed by atoms with van der Waals surface area (Å²) in [5, 5.41) is 0.572. The van der Waals surface area contributed by atoms with Gasteiger partial charge in [-0.3, -0.25) is 0 Å². The molecule has 0 unspecified atom stereocenters. The van der Waals surface area contributed by atoms with E-state index in [0.29, 0.717) is 17.0 Å². The van der Waals surface area contributed by atoms with Crippen molar-refractivity contribution < 1.29 is 4.74 Å². The summed E-state index contributed by atoms with van der Waals surface area (Å²) in [6, 6.07) is 0.366. The minimum Gasteiger partial charge on any atom is -0.377 e. The van der Waals surface area contributed by atoms with Gasteiger partial charge in [0, 0.05) is 6.54 Å². The number of ether oxygens (including phenoxy) is 1. The summed E-state index contributed by atoms with van der Waals surface area (Å²) in [6.07, 6.45) is 4.38. The van der Waals surface area contributed by atoms with E-state index in [1.165, 1.54) is 0 Å². The lowest BCUT2D eigenvalue weighted by Crippen LogP contribution is -2.47. The lowest BCUT2D eigenvalue weighted by molar-refractivity contribution is 0.0869. The molecule has 0 bridgehead atoms. The van der Waals surface area contributed by atoms with Crippen molar-refractivity contribution in [3.05, 3.63) is 17.4 Å². The van der Waals surface area contributed by atoms with Crippen molar-refractivity contribution in [2.24, 2.45) is 5.92 Å². The SMILES string of the molecule is CC(C)C[C@H]1COCCN1c1ncc(Cl)cn1. The van der Waals surface area contributed by atoms with Gasteiger partial charge in [0.25, 0.3) is 0 Å². The van der Waals surface area contributed by atoms with Gasteiger partial charge in [0.2, 0.25) is 5.95 Å². The van der Waals surface area contributed by atoms with Crippen LogP contribution in [0.3, 0.4) is 0 Å². The zero-order chi connectivity index (χ0) is 12.3. The number of hydrogen-bond acceptors (Lipinski definition) is 4. The van der Waals surface area contributed by atoms with Crippen molar-refractivity contribution in [2.45, 2.75) is 26.3 Å². The number of anilines is 1. The Morgan fingerprint density at radius 2 is 2.18 bits per heavy atom. The predicted octanol–water partition coefficient (Wildman–Crippen LogP) is 2.38. The van der Waals surface area contributed by atoms with Gasteiger partial charge in [0.1, 0.15) is 0 Å². The van der Waals surface area contributed by atoms with Crippen molar-refractivity contribution in [2.75, 3.05) is 24.7 Å². The summed E-state index contributed by atoms with van der Waals surface area (Å²) >= 11 is 5.80. The van der Waals surface area contributed by atoms with E-state index in [0.717, 1.165) is 32.1 Å². The van der Waals surface area contributed by atoms with Crippen LogP contribution in [0.1, 0.15) is 20.3 Å². The molecule has 1 aliphatic rings. The highest BCUT2D eigenvalue weighted by Crippen LogP contribution is 2.20. The van der Waals surface area contributed by atoms with Crippen LogP contribution in [0.2, 0.25) is 5.02 Å². The van der Waals surface area contributed by atoms with Gasteiger partial charge in [-0.15, -0.1) is 0 Å². The van der Waals surface area contributed by atoms with Crippen molar-refractivity contribution in [1.82, 2.24) is 9.97 Å². The van der Waals surface area contributed by atoms with E-state index in [2.05, 4.69) is 28.7 Å². The Morgan fingerprint density at radius 1 is 1.47 bits per heavy atom. The van der Waals surface area contributed by atoms with Crippen LogP contribution in [0.5, 0.6) is 0 Å². The Morgan fingerprint density at radius 3 is 2.82 bits per heavy atom. The van der Waals surface area contributed by atoms with E-state index in [1.54, 1.807) is 12.4 Å². The Balaban J connectivity index is 2.12. The number of nitrogens with zero attached hydrogens (tertiary/aromatic N) is 3. The number of hydrogen-bond donors (Lipinski definition) is 0. The molecule has 2 heterocycles. The molecule has 1 aromatic heterocycles. The van der Waals surface area contributed by atoms with Gasteiger partial charge >= 0.3 is 0 Å². The maximum Gasteiger partial charge on any atom is 0.225 e. The van der Waals surface area contributed by atoms with Gasteiger partial charge in [-0.25, -0.2) is 9.97 Å². The van der Waals surface area contributed by atoms with Crippen molar-refractivity contribution >= 4 is 17.5 Å². The molecule has 0 amide bonds. The molecule has 0 radical (unpaired) electrons. The van der Waals surface area contributed by atoms with Crippen LogP contribution >= 0.6 is 11.6 Å². The van der Waals surface area contributed by atoms with E-state index in [-0.39, 0.29) is 0 Å². The zero-order valence-electron chi connectivity index (χ0n) is 10.3. The minimum absolute atomic E-state index is 0.366. The highest BCUT2D eigenvalue weighted by Gasteiger charge is 2.25. The molecule has 5 heteroatoms. The Kier molecular flexibility index (Phi) is 4.18. The van der Waals surface area contributed by atoms with E-state index in [9.17, 15) is 0 Å². The molecule has 4 nitrogen and oxygen atoms in total. The maximum atomic E-state index is 5.80. The summed E-state index contributed by atoms with van der Waals surface area (Å²) in [4.78, 5) is 10.8. The fourth-order valence-electron chi connectivity index (χ4n) is 2.11. The van der Waals surface area contributed by atoms with E-state index < -0.39 is 0 Å². The number of morpholine rings is 1. The second kappa shape index (κ2) is 5.65. The van der Waals surface area contributed by atoms with Crippen LogP contribution in [0.15, 0.2) is 12.4 Å². The van der Waals surface area contributed by atoms with Crippen molar-refractivity contribution in [3.63, 3.8) is 0 Å². The highest BCUT2D eigenvalue weighted by molar-refractivity contribution is 6.30. The molecule has 0 N–H and O–H groups in total. The second-order valence-electron chi connectivity index (χ2n) is 4.75. The monoisotopic (exact) mass is 255 g/mol. The zero-order valence-corrected chi connectivity index (χ0v) is 11.0. The smallest absolute Gasteiger partial charge is 0.225 e. The fourth-order valence-corrected chi connectivity index (χ4v) is 2.21. The number of aromatic nitrogens is 2. The van der Waals surface area contributed by atoms with Crippen LogP contribution in [0.25, 0.3) is 0 Å². The molecule has 1 fully saturated rings. The van der Waals surface area contributed by atoms with Crippen LogP contribution in [0.4, 0.5) is 5.95 Å². The first-order valence-corrected chi connectivity index (χ1v) is 6.36. The first kappa shape index (κ1) is 12.6. The first-order chi connectivity index (χ1) is 8.16. The largest absolute Gasteiger partial charge is 0.377 e. The van der Waals surface area contributed by atoms with Gasteiger partial charge in [-0.2, -0.15) is 0 Å². The van der Waals surface area contributed by atoms with Gasteiger partial charge in [-0.05, 0) is 12.3 Å². The second-order valence-corrected chi connectivity index (χ2v) is 5.19. The molecule has 0 saturated carbocycles. The minimum atomic E-state index is 0.366. The molecule has 1 atom stereocenters. The molecule has 1 aromatic rings. The van der Waals surface area contributed by atoms with Crippen LogP contribution in [0, 0.1) is 5.92 Å². The normalized spacial score (nSPS) is 20.9. The molecule has 0 aromatic carbocycles. The number of rotatable bonds is 3. The molecule has 0 spiro atoms. The summed E-state index contributed by atoms with van der Waals surface area (Å²) in [7, 11) is 0. The van der Waals surface area contributed by atoms with E-state index >= 15 is 0 Å². The highest BCUT2D eigenvalue weighted by atomic mass is 35.5. The van der Waals surface area contributed by atoms with Crippen LogP contribution in [-0.2, 0) is 4.74 Å². The van der Waals surface area contributed by atoms with E-state index in [1.807, 2.05) is 0 Å². The Hall–Kier alpha value is -0.870. The molecular weight excluding hydrogens is 238 g/mol. The van der Waals surface area contributed by atoms with Gasteiger partial charge in [-0.1, -0.05) is 25.4 Å². The molecule has 0 aliphatic carbocycles. The third-order valence-electron chi connectivity index (χ3n) is 2.83. The summed E-state index contributed by atoms with van der Waals surface area (Å²) < 4.78 is 5.54. The third-order valence-corrected chi connectivity index (χ3v) is 3.03. The van der Waals surface area contributed by atoms with Crippen LogP contribution in [-0.4, -0.2) is 35.8 Å². The average molecular weight is 256 g/mol. The first-order valence-electron chi connectivity index (χ1n) is 5.98. The number of halogens is 1. The average Bonchev–Trinajstić information content (AvgIpc) is 2.30. The molecule has 94 valence electrons. The molecule has 1 saturated heterocycles. The Labute approximate surface area is 107 Å². The van der Waals surface area contributed by atoms with Gasteiger partial charge in [0.15, 0.2) is 0 Å². The summed E-state index contributed by atoms with van der Waals surface area (Å²) in [5.74, 6) is 1.39. The molecule has 2 rings (SSSR count). The quantitative estimate of drug-likeness (QED) is 0.831.